The Balaban J connectivity index is 1.47. The molecule has 1 amide bonds. The highest BCUT2D eigenvalue weighted by Gasteiger charge is 2.12. The van der Waals surface area contributed by atoms with Crippen LogP contribution in [0.4, 0.5) is 0 Å². The Kier molecular flexibility index (Phi) is 6.39. The first kappa shape index (κ1) is 19.3. The van der Waals surface area contributed by atoms with Gasteiger partial charge in [0.15, 0.2) is 16.7 Å². The van der Waals surface area contributed by atoms with Crippen LogP contribution >= 0.6 is 11.8 Å². The summed E-state index contributed by atoms with van der Waals surface area (Å²) in [6.07, 6.45) is 3.18. The number of hydrogen-bond donors (Lipinski definition) is 2. The number of thioether (sulfide) groups is 1. The van der Waals surface area contributed by atoms with E-state index in [9.17, 15) is 9.59 Å². The molecule has 1 aromatic carbocycles. The summed E-state index contributed by atoms with van der Waals surface area (Å²) in [5.74, 6) is 1.43. The van der Waals surface area contributed by atoms with E-state index in [2.05, 4.69) is 15.3 Å². The molecule has 2 aromatic rings. The lowest BCUT2D eigenvalue weighted by atomic mass is 10.1. The molecule has 0 spiro atoms. The van der Waals surface area contributed by atoms with Crippen molar-refractivity contribution in [2.45, 2.75) is 31.3 Å². The van der Waals surface area contributed by atoms with E-state index in [0.717, 1.165) is 17.1 Å². The van der Waals surface area contributed by atoms with E-state index in [-0.39, 0.29) is 17.9 Å². The third kappa shape index (κ3) is 5.03. The molecule has 0 radical (unpaired) electrons. The summed E-state index contributed by atoms with van der Waals surface area (Å²) in [6, 6.07) is 5.82. The molecule has 8 heteroatoms. The van der Waals surface area contributed by atoms with Gasteiger partial charge in [-0.25, -0.2) is 4.98 Å². The van der Waals surface area contributed by atoms with Crippen LogP contribution < -0.4 is 20.3 Å². The van der Waals surface area contributed by atoms with E-state index in [1.165, 1.54) is 11.8 Å². The third-order valence-electron chi connectivity index (χ3n) is 4.34. The van der Waals surface area contributed by atoms with E-state index in [4.69, 9.17) is 9.47 Å². The van der Waals surface area contributed by atoms with Gasteiger partial charge in [-0.05, 0) is 43.7 Å². The Morgan fingerprint density at radius 2 is 2.04 bits per heavy atom. The van der Waals surface area contributed by atoms with Crippen molar-refractivity contribution >= 4 is 17.7 Å². The Morgan fingerprint density at radius 1 is 1.26 bits per heavy atom. The number of rotatable bonds is 7. The van der Waals surface area contributed by atoms with Crippen LogP contribution in [0.1, 0.15) is 23.2 Å². The number of H-pyrrole nitrogens is 1. The van der Waals surface area contributed by atoms with Gasteiger partial charge in [-0.15, -0.1) is 0 Å². The van der Waals surface area contributed by atoms with Crippen LogP contribution in [0.3, 0.4) is 0 Å². The van der Waals surface area contributed by atoms with Crippen molar-refractivity contribution in [2.24, 2.45) is 0 Å². The summed E-state index contributed by atoms with van der Waals surface area (Å²) in [6.45, 7) is 3.44. The SMILES string of the molecule is CSc1nc(C)c(CCC(=O)NCCc2ccc3c(c2)OCCO3)c(=O)[nH]1. The number of carbonyl (C=O) groups is 1. The lowest BCUT2D eigenvalue weighted by Crippen LogP contribution is -2.27. The predicted molar refractivity (Wildman–Crippen MR) is 104 cm³/mol. The van der Waals surface area contributed by atoms with Crippen molar-refractivity contribution in [3.63, 3.8) is 0 Å². The quantitative estimate of drug-likeness (QED) is 0.555. The summed E-state index contributed by atoms with van der Waals surface area (Å²) in [4.78, 5) is 31.2. The molecule has 2 N–H and O–H groups in total. The van der Waals surface area contributed by atoms with Crippen LogP contribution in [-0.2, 0) is 17.6 Å². The van der Waals surface area contributed by atoms with Crippen LogP contribution in [-0.4, -0.2) is 41.9 Å². The number of amides is 1. The number of aromatic nitrogens is 2. The molecule has 0 fully saturated rings. The van der Waals surface area contributed by atoms with Gasteiger partial charge in [0.05, 0.1) is 0 Å². The zero-order chi connectivity index (χ0) is 19.2. The van der Waals surface area contributed by atoms with Gasteiger partial charge < -0.3 is 19.8 Å². The second-order valence-electron chi connectivity index (χ2n) is 6.22. The molecule has 144 valence electrons. The van der Waals surface area contributed by atoms with E-state index < -0.39 is 0 Å². The van der Waals surface area contributed by atoms with Gasteiger partial charge in [0.2, 0.25) is 5.91 Å². The number of nitrogens with zero attached hydrogens (tertiary/aromatic N) is 1. The molecule has 1 aliphatic heterocycles. The molecule has 7 nitrogen and oxygen atoms in total. The Hall–Kier alpha value is -2.48. The first-order valence-electron chi connectivity index (χ1n) is 8.86. The molecule has 27 heavy (non-hydrogen) atoms. The predicted octanol–water partition coefficient (Wildman–Crippen LogP) is 1.86. The zero-order valence-electron chi connectivity index (χ0n) is 15.5. The molecule has 2 heterocycles. The lowest BCUT2D eigenvalue weighted by molar-refractivity contribution is -0.121. The minimum atomic E-state index is -0.170. The highest BCUT2D eigenvalue weighted by Crippen LogP contribution is 2.30. The van der Waals surface area contributed by atoms with Crippen molar-refractivity contribution < 1.29 is 14.3 Å². The van der Waals surface area contributed by atoms with Gasteiger partial charge in [0.25, 0.3) is 5.56 Å². The summed E-state index contributed by atoms with van der Waals surface area (Å²) < 4.78 is 11.1. The maximum atomic E-state index is 12.1. The third-order valence-corrected chi connectivity index (χ3v) is 4.92. The van der Waals surface area contributed by atoms with Crippen LogP contribution in [0.5, 0.6) is 11.5 Å². The summed E-state index contributed by atoms with van der Waals surface area (Å²) in [5, 5.41) is 3.48. The number of benzene rings is 1. The Bertz CT molecular complexity index is 882. The van der Waals surface area contributed by atoms with Crippen LogP contribution in [0.25, 0.3) is 0 Å². The molecule has 0 bridgehead atoms. The van der Waals surface area contributed by atoms with Crippen molar-refractivity contribution in [2.75, 3.05) is 26.0 Å². The highest BCUT2D eigenvalue weighted by atomic mass is 32.2. The van der Waals surface area contributed by atoms with E-state index >= 15 is 0 Å². The van der Waals surface area contributed by atoms with Crippen molar-refractivity contribution in [1.29, 1.82) is 0 Å². The largest absolute Gasteiger partial charge is 0.486 e. The van der Waals surface area contributed by atoms with Crippen molar-refractivity contribution in [3.8, 4) is 11.5 Å². The summed E-state index contributed by atoms with van der Waals surface area (Å²) in [7, 11) is 0. The van der Waals surface area contributed by atoms with Gasteiger partial charge >= 0.3 is 0 Å². The number of ether oxygens (including phenoxy) is 2. The maximum Gasteiger partial charge on any atom is 0.254 e. The fourth-order valence-electron chi connectivity index (χ4n) is 2.89. The smallest absolute Gasteiger partial charge is 0.254 e. The first-order chi connectivity index (χ1) is 13.1. The number of fused-ring (bicyclic) bond motifs is 1. The molecule has 3 rings (SSSR count). The number of carbonyl (C=O) groups excluding carboxylic acids is 1. The average molecular weight is 389 g/mol. The van der Waals surface area contributed by atoms with Gasteiger partial charge in [-0.3, -0.25) is 9.59 Å². The van der Waals surface area contributed by atoms with Crippen molar-refractivity contribution in [1.82, 2.24) is 15.3 Å². The van der Waals surface area contributed by atoms with Gasteiger partial charge in [-0.1, -0.05) is 17.8 Å². The van der Waals surface area contributed by atoms with Crippen LogP contribution in [0.2, 0.25) is 0 Å². The number of aromatic amines is 1. The second-order valence-corrected chi connectivity index (χ2v) is 7.01. The maximum absolute atomic E-state index is 12.1. The number of hydrogen-bond acceptors (Lipinski definition) is 6. The molecule has 0 saturated carbocycles. The molecule has 0 atom stereocenters. The Morgan fingerprint density at radius 3 is 2.78 bits per heavy atom. The van der Waals surface area contributed by atoms with E-state index in [1.807, 2.05) is 24.5 Å². The number of nitrogens with one attached hydrogen (secondary N) is 2. The molecule has 0 unspecified atom stereocenters. The van der Waals surface area contributed by atoms with E-state index in [1.54, 1.807) is 6.92 Å². The van der Waals surface area contributed by atoms with Gasteiger partial charge in [0, 0.05) is 24.2 Å². The molecule has 1 aliphatic rings. The summed E-state index contributed by atoms with van der Waals surface area (Å²) >= 11 is 1.38. The lowest BCUT2D eigenvalue weighted by Gasteiger charge is -2.18. The molecule has 1 aromatic heterocycles. The number of aryl methyl sites for hydroxylation is 1. The molecule has 0 aliphatic carbocycles. The molecular weight excluding hydrogens is 366 g/mol. The van der Waals surface area contributed by atoms with Crippen LogP contribution in [0, 0.1) is 6.92 Å². The normalized spacial score (nSPS) is 12.7. The van der Waals surface area contributed by atoms with Crippen molar-refractivity contribution in [3.05, 3.63) is 45.4 Å². The van der Waals surface area contributed by atoms with Gasteiger partial charge in [-0.2, -0.15) is 0 Å². The molecular formula is C19H23N3O4S. The topological polar surface area (TPSA) is 93.3 Å². The first-order valence-corrected chi connectivity index (χ1v) is 10.1. The zero-order valence-corrected chi connectivity index (χ0v) is 16.3. The minimum Gasteiger partial charge on any atom is -0.486 e. The second kappa shape index (κ2) is 8.94. The standard InChI is InChI=1S/C19H23N3O4S/c1-12-14(18(24)22-19(21-12)27-2)4-6-17(23)20-8-7-13-3-5-15-16(11-13)26-10-9-25-15/h3,5,11H,4,6-10H2,1-2H3,(H,20,23)(H,21,22,24). The minimum absolute atomic E-state index is 0.0831. The fourth-order valence-corrected chi connectivity index (χ4v) is 3.32. The van der Waals surface area contributed by atoms with Crippen LogP contribution in [0.15, 0.2) is 28.2 Å². The van der Waals surface area contributed by atoms with Gasteiger partial charge in [0.1, 0.15) is 13.2 Å². The fraction of sp³-hybridized carbons (Fsp3) is 0.421. The Labute approximate surface area is 161 Å². The monoisotopic (exact) mass is 389 g/mol. The highest BCUT2D eigenvalue weighted by molar-refractivity contribution is 7.98. The van der Waals surface area contributed by atoms with E-state index in [0.29, 0.717) is 49.0 Å². The summed E-state index contributed by atoms with van der Waals surface area (Å²) in [5.41, 5.74) is 2.14. The molecule has 0 saturated heterocycles. The average Bonchev–Trinajstić information content (AvgIpc) is 2.67.